The third-order valence-electron chi connectivity index (χ3n) is 13.9. The van der Waals surface area contributed by atoms with Crippen LogP contribution < -0.4 is 26.8 Å². The van der Waals surface area contributed by atoms with Crippen molar-refractivity contribution in [2.45, 2.75) is 69.2 Å². The minimum absolute atomic E-state index is 0.282. The van der Waals surface area contributed by atoms with E-state index in [1.165, 1.54) is 77.0 Å². The number of rotatable bonds is 7. The van der Waals surface area contributed by atoms with Gasteiger partial charge in [0.05, 0.1) is 17.4 Å². The summed E-state index contributed by atoms with van der Waals surface area (Å²) in [5.41, 5.74) is 24.5. The highest BCUT2D eigenvalue weighted by atomic mass is 15.1. The lowest BCUT2D eigenvalue weighted by atomic mass is 9.69. The molecule has 0 spiro atoms. The van der Waals surface area contributed by atoms with Crippen LogP contribution in [0, 0.1) is 0 Å². The largest absolute Gasteiger partial charge is 0.397 e. The molecule has 11 rings (SSSR count). The maximum Gasteiger partial charge on any atom is 0.0644 e. The van der Waals surface area contributed by atoms with Crippen molar-refractivity contribution in [3.8, 4) is 0 Å². The van der Waals surface area contributed by atoms with E-state index in [0.29, 0.717) is 11.8 Å². The van der Waals surface area contributed by atoms with Crippen LogP contribution in [-0.2, 0) is 0 Å². The Morgan fingerprint density at radius 3 is 2.02 bits per heavy atom. The van der Waals surface area contributed by atoms with Crippen LogP contribution in [0.2, 0.25) is 0 Å². The zero-order valence-electron chi connectivity index (χ0n) is 33.8. The number of nitrogens with one attached hydrogen (secondary N) is 2. The predicted molar refractivity (Wildman–Crippen MR) is 246 cm³/mol. The molecular formula is C55H52N4. The lowest BCUT2D eigenvalue weighted by Gasteiger charge is -2.34. The number of nitrogens with two attached hydrogens (primary N) is 1. The number of fused-ring (bicyclic) bond motifs is 4. The Labute approximate surface area is 348 Å². The van der Waals surface area contributed by atoms with Gasteiger partial charge in [0.25, 0.3) is 0 Å². The molecule has 0 fully saturated rings. The molecule has 3 atom stereocenters. The van der Waals surface area contributed by atoms with Gasteiger partial charge in [-0.15, -0.1) is 0 Å². The maximum atomic E-state index is 6.50. The first kappa shape index (κ1) is 35.9. The molecule has 4 nitrogen and oxygen atoms in total. The highest BCUT2D eigenvalue weighted by molar-refractivity contribution is 6.04. The van der Waals surface area contributed by atoms with Crippen LogP contribution in [0.3, 0.4) is 0 Å². The molecule has 0 saturated heterocycles. The lowest BCUT2D eigenvalue weighted by Crippen LogP contribution is -2.42. The van der Waals surface area contributed by atoms with Crippen LogP contribution in [-0.4, -0.2) is 24.0 Å². The topological polar surface area (TPSA) is 53.3 Å². The first-order chi connectivity index (χ1) is 29.2. The summed E-state index contributed by atoms with van der Waals surface area (Å²) in [7, 11) is 0. The van der Waals surface area contributed by atoms with Crippen molar-refractivity contribution in [1.29, 1.82) is 0 Å². The molecule has 0 amide bonds. The molecule has 0 radical (unpaired) electrons. The van der Waals surface area contributed by atoms with Gasteiger partial charge in [-0.2, -0.15) is 0 Å². The minimum atomic E-state index is 0.282. The Balaban J connectivity index is 0.893. The van der Waals surface area contributed by atoms with Crippen LogP contribution >= 0.6 is 0 Å². The van der Waals surface area contributed by atoms with Crippen LogP contribution in [0.1, 0.15) is 79.9 Å². The number of allylic oxidation sites excluding steroid dienone is 17. The molecule has 0 saturated carbocycles. The molecule has 0 bridgehead atoms. The Kier molecular flexibility index (Phi) is 9.22. The Morgan fingerprint density at radius 1 is 0.644 bits per heavy atom. The monoisotopic (exact) mass is 768 g/mol. The van der Waals surface area contributed by atoms with E-state index < -0.39 is 0 Å². The summed E-state index contributed by atoms with van der Waals surface area (Å²) in [6.07, 6.45) is 44.3. The van der Waals surface area contributed by atoms with Crippen molar-refractivity contribution in [2.24, 2.45) is 5.73 Å². The van der Waals surface area contributed by atoms with Gasteiger partial charge in [0.15, 0.2) is 0 Å². The van der Waals surface area contributed by atoms with Crippen LogP contribution in [0.15, 0.2) is 191 Å². The maximum absolute atomic E-state index is 6.50. The third kappa shape index (κ3) is 6.37. The smallest absolute Gasteiger partial charge is 0.0644 e. The van der Waals surface area contributed by atoms with E-state index in [1.54, 1.807) is 11.1 Å². The summed E-state index contributed by atoms with van der Waals surface area (Å²) in [5, 5.41) is 13.3. The average Bonchev–Trinajstić information content (AvgIpc) is 3.64. The fourth-order valence-corrected chi connectivity index (χ4v) is 11.0. The first-order valence-corrected chi connectivity index (χ1v) is 21.9. The molecule has 59 heavy (non-hydrogen) atoms. The molecule has 292 valence electrons. The van der Waals surface area contributed by atoms with Crippen molar-refractivity contribution in [3.05, 3.63) is 219 Å². The van der Waals surface area contributed by atoms with E-state index >= 15 is 0 Å². The number of hydrogen-bond acceptors (Lipinski definition) is 4. The minimum Gasteiger partial charge on any atom is -0.397 e. The molecule has 2 aliphatic heterocycles. The molecule has 3 aromatic carbocycles. The van der Waals surface area contributed by atoms with E-state index in [1.807, 2.05) is 6.08 Å². The summed E-state index contributed by atoms with van der Waals surface area (Å²) >= 11 is 0. The average molecular weight is 769 g/mol. The second-order valence-electron chi connectivity index (χ2n) is 17.1. The molecule has 4 heteroatoms. The van der Waals surface area contributed by atoms with Gasteiger partial charge in [0.2, 0.25) is 0 Å². The van der Waals surface area contributed by atoms with E-state index in [9.17, 15) is 0 Å². The second kappa shape index (κ2) is 15.2. The summed E-state index contributed by atoms with van der Waals surface area (Å²) in [5.74, 6) is 0.617. The van der Waals surface area contributed by atoms with Crippen molar-refractivity contribution in [3.63, 3.8) is 0 Å². The quantitative estimate of drug-likeness (QED) is 0.224. The lowest BCUT2D eigenvalue weighted by molar-refractivity contribution is 0.550. The number of nitrogens with zero attached hydrogens (tertiary/aromatic N) is 1. The van der Waals surface area contributed by atoms with E-state index in [0.717, 1.165) is 70.2 Å². The fourth-order valence-electron chi connectivity index (χ4n) is 11.0. The van der Waals surface area contributed by atoms with Crippen molar-refractivity contribution in [2.75, 3.05) is 13.1 Å². The standard InChI is InChI=1S/C55H52N4/c56-48(35-59-31-10-3-11-32-59)37-23-27-39(28-24-37)50-34-57-49(33-58-50)38-25-21-36(22-26-38)42-29-30-47-53-43(42)19-12-20-46(53)54-51(40-13-4-1-5-14-40)44-17-8-9-18-45(44)52(55(47)54)41-15-6-2-7-16-41/h1-4,6,8-13,15,17-21,23,25,27,29-31,33,35,50,54-55,57-58H,5,7,14,16,22,24,26,28,32,34,56H2/b48-35-. The Bertz CT molecular complexity index is 2720. The van der Waals surface area contributed by atoms with Gasteiger partial charge in [-0.3, -0.25) is 0 Å². The van der Waals surface area contributed by atoms with Crippen molar-refractivity contribution >= 4 is 27.5 Å². The summed E-state index contributed by atoms with van der Waals surface area (Å²) < 4.78 is 0. The van der Waals surface area contributed by atoms with Gasteiger partial charge in [0.1, 0.15) is 0 Å². The third-order valence-corrected chi connectivity index (χ3v) is 13.9. The molecule has 0 aromatic heterocycles. The first-order valence-electron chi connectivity index (χ1n) is 21.9. The zero-order chi connectivity index (χ0) is 39.3. The summed E-state index contributed by atoms with van der Waals surface area (Å²) in [6, 6.07) is 21.7. The van der Waals surface area contributed by atoms with Gasteiger partial charge < -0.3 is 21.3 Å². The molecule has 2 heterocycles. The van der Waals surface area contributed by atoms with Crippen molar-refractivity contribution in [1.82, 2.24) is 15.5 Å². The van der Waals surface area contributed by atoms with E-state index in [2.05, 4.69) is 162 Å². The van der Waals surface area contributed by atoms with Crippen LogP contribution in [0.25, 0.3) is 27.5 Å². The Hall–Kier alpha value is -6.26. The normalized spacial score (nSPS) is 24.5. The van der Waals surface area contributed by atoms with Gasteiger partial charge in [-0.05, 0) is 140 Å². The molecule has 4 N–H and O–H groups in total. The van der Waals surface area contributed by atoms with Crippen LogP contribution in [0.4, 0.5) is 0 Å². The highest BCUT2D eigenvalue weighted by Crippen LogP contribution is 2.58. The number of benzene rings is 3. The number of hydrogen-bond donors (Lipinski definition) is 3. The molecule has 8 aliphatic rings. The molecule has 3 unspecified atom stereocenters. The second-order valence-corrected chi connectivity index (χ2v) is 17.1. The van der Waals surface area contributed by atoms with Gasteiger partial charge >= 0.3 is 0 Å². The highest BCUT2D eigenvalue weighted by Gasteiger charge is 2.43. The molecular weight excluding hydrogens is 717 g/mol. The fraction of sp³-hybridized carbons (Fsp3) is 0.236. The van der Waals surface area contributed by atoms with Crippen molar-refractivity contribution < 1.29 is 0 Å². The van der Waals surface area contributed by atoms with E-state index in [4.69, 9.17) is 5.73 Å². The summed E-state index contributed by atoms with van der Waals surface area (Å²) in [4.78, 5) is 2.13. The SMILES string of the molecule is N/C(=C\N1C=CC=CC1)C1=CC=C(C2CNC(C3=CC=C(c4ccc5c6c(cccc46)C4C(C6=CC=CCC6)=c6ccccc6=C(C6=CC=CCC6)C54)CC3)=CN2)CC1. The van der Waals surface area contributed by atoms with Gasteiger partial charge in [-0.25, -0.2) is 0 Å². The molecule has 6 aliphatic carbocycles. The van der Waals surface area contributed by atoms with Crippen LogP contribution in [0.5, 0.6) is 0 Å². The zero-order valence-corrected chi connectivity index (χ0v) is 33.8. The van der Waals surface area contributed by atoms with E-state index in [-0.39, 0.29) is 6.04 Å². The Morgan fingerprint density at radius 2 is 1.39 bits per heavy atom. The van der Waals surface area contributed by atoms with Gasteiger partial charge in [-0.1, -0.05) is 128 Å². The van der Waals surface area contributed by atoms with Gasteiger partial charge in [0, 0.05) is 43.5 Å². The predicted octanol–water partition coefficient (Wildman–Crippen LogP) is 9.93. The molecule has 3 aromatic rings. The summed E-state index contributed by atoms with van der Waals surface area (Å²) in [6.45, 7) is 1.74.